The molecule has 1 heterocycles. The number of aromatic nitrogens is 1. The maximum absolute atomic E-state index is 12.4. The SMILES string of the molecule is CB=Cc1cc(F)ccn1. The summed E-state index contributed by atoms with van der Waals surface area (Å²) in [5.74, 6) is 1.51. The standard InChI is InChI=1S/C7H7BFN/c1-8-5-7-4-6(9)2-3-10-7/h2-5H,1H3. The van der Waals surface area contributed by atoms with Crippen molar-refractivity contribution in [1.82, 2.24) is 4.98 Å². The van der Waals surface area contributed by atoms with Crippen LogP contribution in [0.4, 0.5) is 4.39 Å². The van der Waals surface area contributed by atoms with Gasteiger partial charge in [-0.25, -0.2) is 0 Å². The summed E-state index contributed by atoms with van der Waals surface area (Å²) in [5, 5.41) is 0. The summed E-state index contributed by atoms with van der Waals surface area (Å²) < 4.78 is 12.4. The summed E-state index contributed by atoms with van der Waals surface area (Å²) >= 11 is 0. The number of hydrogen-bond acceptors (Lipinski definition) is 1. The topological polar surface area (TPSA) is 12.9 Å². The third-order valence-corrected chi connectivity index (χ3v) is 1.08. The summed E-state index contributed by atoms with van der Waals surface area (Å²) in [5.41, 5.74) is 0.655. The molecule has 0 atom stereocenters. The second-order valence-corrected chi connectivity index (χ2v) is 1.90. The van der Waals surface area contributed by atoms with E-state index in [2.05, 4.69) is 4.98 Å². The molecular weight excluding hydrogens is 128 g/mol. The van der Waals surface area contributed by atoms with Crippen LogP contribution in [0.25, 0.3) is 0 Å². The molecule has 0 N–H and O–H groups in total. The van der Waals surface area contributed by atoms with Crippen molar-refractivity contribution in [2.45, 2.75) is 6.82 Å². The zero-order chi connectivity index (χ0) is 7.40. The predicted octanol–water partition coefficient (Wildman–Crippen LogP) is 1.12. The Morgan fingerprint density at radius 2 is 2.50 bits per heavy atom. The fourth-order valence-corrected chi connectivity index (χ4v) is 0.683. The molecule has 1 aromatic rings. The first-order valence-corrected chi connectivity index (χ1v) is 3.07. The van der Waals surface area contributed by atoms with Gasteiger partial charge in [-0.15, -0.1) is 0 Å². The minimum atomic E-state index is -0.247. The van der Waals surface area contributed by atoms with E-state index in [0.29, 0.717) is 5.69 Å². The fraction of sp³-hybridized carbons (Fsp3) is 0.143. The maximum atomic E-state index is 12.4. The first-order chi connectivity index (χ1) is 4.83. The van der Waals surface area contributed by atoms with Crippen molar-refractivity contribution in [3.63, 3.8) is 0 Å². The van der Waals surface area contributed by atoms with Crippen LogP contribution in [-0.4, -0.2) is 17.9 Å². The van der Waals surface area contributed by atoms with Crippen molar-refractivity contribution in [3.8, 4) is 0 Å². The second-order valence-electron chi connectivity index (χ2n) is 1.90. The van der Waals surface area contributed by atoms with Gasteiger partial charge in [0.15, 0.2) is 0 Å². The van der Waals surface area contributed by atoms with Crippen LogP contribution in [0.3, 0.4) is 0 Å². The molecule has 0 saturated carbocycles. The molecule has 0 saturated heterocycles. The number of nitrogens with zero attached hydrogens (tertiary/aromatic N) is 1. The van der Waals surface area contributed by atoms with Gasteiger partial charge in [0, 0.05) is 0 Å². The van der Waals surface area contributed by atoms with Crippen LogP contribution in [0, 0.1) is 5.82 Å². The molecule has 0 spiro atoms. The number of rotatable bonds is 1. The van der Waals surface area contributed by atoms with Crippen molar-refractivity contribution >= 4 is 12.9 Å². The zero-order valence-corrected chi connectivity index (χ0v) is 5.71. The Hall–Kier alpha value is -0.985. The number of hydrogen-bond donors (Lipinski definition) is 0. The summed E-state index contributed by atoms with van der Waals surface area (Å²) in [6.45, 7) is 3.69. The van der Waals surface area contributed by atoms with Gasteiger partial charge in [0.25, 0.3) is 0 Å². The molecule has 0 bridgehead atoms. The first kappa shape index (κ1) is 7.13. The molecule has 50 valence electrons. The van der Waals surface area contributed by atoms with Crippen LogP contribution in [0.5, 0.6) is 0 Å². The Morgan fingerprint density at radius 1 is 1.70 bits per heavy atom. The van der Waals surface area contributed by atoms with Gasteiger partial charge < -0.3 is 0 Å². The van der Waals surface area contributed by atoms with Gasteiger partial charge in [-0.05, 0) is 0 Å². The normalized spacial score (nSPS) is 9.80. The molecular formula is C7H7BFN. The van der Waals surface area contributed by atoms with E-state index in [-0.39, 0.29) is 5.82 Å². The molecule has 0 radical (unpaired) electrons. The average Bonchev–Trinajstić information content (AvgIpc) is 1.88. The third-order valence-electron chi connectivity index (χ3n) is 1.08. The van der Waals surface area contributed by atoms with Gasteiger partial charge in [-0.3, -0.25) is 0 Å². The predicted molar refractivity (Wildman–Crippen MR) is 41.0 cm³/mol. The van der Waals surface area contributed by atoms with Gasteiger partial charge in [-0.1, -0.05) is 0 Å². The molecule has 0 aliphatic heterocycles. The molecule has 10 heavy (non-hydrogen) atoms. The summed E-state index contributed by atoms with van der Waals surface area (Å²) in [7, 11) is 0. The van der Waals surface area contributed by atoms with Crippen LogP contribution in [0.1, 0.15) is 5.69 Å². The monoisotopic (exact) mass is 135 g/mol. The Labute approximate surface area is 59.8 Å². The van der Waals surface area contributed by atoms with Gasteiger partial charge in [0.1, 0.15) is 0 Å². The van der Waals surface area contributed by atoms with Crippen LogP contribution < -0.4 is 0 Å². The number of pyridine rings is 1. The van der Waals surface area contributed by atoms with Crippen LogP contribution in [0.2, 0.25) is 6.82 Å². The molecule has 0 aromatic carbocycles. The summed E-state index contributed by atoms with van der Waals surface area (Å²) in [6.07, 6.45) is 1.45. The van der Waals surface area contributed by atoms with Crippen molar-refractivity contribution in [2.24, 2.45) is 0 Å². The van der Waals surface area contributed by atoms with E-state index in [4.69, 9.17) is 0 Å². The Balaban J connectivity index is 2.95. The van der Waals surface area contributed by atoms with Crippen molar-refractivity contribution in [1.29, 1.82) is 0 Å². The molecule has 0 amide bonds. The van der Waals surface area contributed by atoms with E-state index in [1.807, 2.05) is 13.7 Å². The zero-order valence-electron chi connectivity index (χ0n) is 5.71. The van der Waals surface area contributed by atoms with Gasteiger partial charge in [0.05, 0.1) is 0 Å². The van der Waals surface area contributed by atoms with E-state index in [9.17, 15) is 4.39 Å². The van der Waals surface area contributed by atoms with E-state index in [1.165, 1.54) is 18.3 Å². The van der Waals surface area contributed by atoms with Crippen molar-refractivity contribution in [2.75, 3.05) is 0 Å². The van der Waals surface area contributed by atoms with Crippen LogP contribution in [-0.2, 0) is 0 Å². The fourth-order valence-electron chi connectivity index (χ4n) is 0.683. The van der Waals surface area contributed by atoms with E-state index < -0.39 is 0 Å². The molecule has 1 rings (SSSR count). The average molecular weight is 135 g/mol. The number of halogens is 1. The molecule has 3 heteroatoms. The second kappa shape index (κ2) is 3.25. The van der Waals surface area contributed by atoms with Crippen LogP contribution in [0.15, 0.2) is 18.3 Å². The van der Waals surface area contributed by atoms with Gasteiger partial charge >= 0.3 is 58.9 Å². The quantitative estimate of drug-likeness (QED) is 0.525. The molecule has 0 aliphatic rings. The van der Waals surface area contributed by atoms with E-state index in [0.717, 1.165) is 0 Å². The minimum absolute atomic E-state index is 0.247. The van der Waals surface area contributed by atoms with Gasteiger partial charge in [-0.2, -0.15) is 0 Å². The molecule has 0 unspecified atom stereocenters. The molecule has 0 fully saturated rings. The Kier molecular flexibility index (Phi) is 2.32. The van der Waals surface area contributed by atoms with E-state index in [1.54, 1.807) is 5.97 Å². The molecule has 1 aromatic heterocycles. The van der Waals surface area contributed by atoms with E-state index >= 15 is 0 Å². The molecule has 0 aliphatic carbocycles. The Morgan fingerprint density at radius 3 is 3.10 bits per heavy atom. The van der Waals surface area contributed by atoms with Crippen molar-refractivity contribution < 1.29 is 4.39 Å². The first-order valence-electron chi connectivity index (χ1n) is 3.07. The van der Waals surface area contributed by atoms with Gasteiger partial charge in [0.2, 0.25) is 0 Å². The molecule has 1 nitrogen and oxygen atoms in total. The third kappa shape index (κ3) is 1.76. The van der Waals surface area contributed by atoms with Crippen molar-refractivity contribution in [3.05, 3.63) is 29.8 Å². The summed E-state index contributed by atoms with van der Waals surface area (Å²) in [4.78, 5) is 3.90. The Bertz CT molecular complexity index is 247. The van der Waals surface area contributed by atoms with Crippen LogP contribution >= 0.6 is 0 Å². The summed E-state index contributed by atoms with van der Waals surface area (Å²) in [6, 6.07) is 2.72.